The predicted octanol–water partition coefficient (Wildman–Crippen LogP) is 5.32. The maximum absolute atomic E-state index is 12.0. The van der Waals surface area contributed by atoms with Crippen molar-refractivity contribution in [2.75, 3.05) is 19.0 Å². The lowest BCUT2D eigenvalue weighted by Gasteiger charge is -2.14. The summed E-state index contributed by atoms with van der Waals surface area (Å²) in [4.78, 5) is 27.5. The van der Waals surface area contributed by atoms with Crippen molar-refractivity contribution < 1.29 is 14.5 Å². The van der Waals surface area contributed by atoms with Crippen molar-refractivity contribution in [1.29, 1.82) is 0 Å². The lowest BCUT2D eigenvalue weighted by atomic mass is 10.0. The molecule has 1 aromatic carbocycles. The number of pyridine rings is 1. The summed E-state index contributed by atoms with van der Waals surface area (Å²) in [5.41, 5.74) is 4.39. The minimum absolute atomic E-state index is 0.0619. The number of nitro groups is 1. The van der Waals surface area contributed by atoms with Gasteiger partial charge in [0, 0.05) is 41.1 Å². The summed E-state index contributed by atoms with van der Waals surface area (Å²) >= 11 is 3.37. The van der Waals surface area contributed by atoms with Crippen LogP contribution in [-0.2, 0) is 18.2 Å². The highest BCUT2D eigenvalue weighted by molar-refractivity contribution is 9.10. The molecular formula is C24H28BrN5O4. The largest absolute Gasteiger partial charge is 0.465 e. The fourth-order valence-electron chi connectivity index (χ4n) is 3.83. The Hall–Kier alpha value is -3.27. The number of ether oxygens (including phenoxy) is 1. The maximum atomic E-state index is 12.0. The van der Waals surface area contributed by atoms with Gasteiger partial charge < -0.3 is 10.1 Å². The monoisotopic (exact) mass is 529 g/mol. The maximum Gasteiger partial charge on any atom is 0.337 e. The molecule has 0 aliphatic rings. The van der Waals surface area contributed by atoms with E-state index in [1.54, 1.807) is 30.5 Å². The van der Waals surface area contributed by atoms with Crippen LogP contribution in [0.2, 0.25) is 0 Å². The number of benzene rings is 1. The number of halogens is 1. The minimum atomic E-state index is -0.399. The van der Waals surface area contributed by atoms with E-state index in [0.717, 1.165) is 40.7 Å². The number of aryl methyl sites for hydroxylation is 2. The highest BCUT2D eigenvalue weighted by Gasteiger charge is 2.17. The lowest BCUT2D eigenvalue weighted by molar-refractivity contribution is -0.384. The topological polar surface area (TPSA) is 112 Å². The van der Waals surface area contributed by atoms with Crippen molar-refractivity contribution in [3.05, 3.63) is 68.1 Å². The summed E-state index contributed by atoms with van der Waals surface area (Å²) in [6, 6.07) is 8.32. The fraction of sp³-hybridized carbons (Fsp3) is 0.375. The molecule has 0 saturated heterocycles. The molecule has 0 spiro atoms. The van der Waals surface area contributed by atoms with Gasteiger partial charge in [0.05, 0.1) is 29.5 Å². The summed E-state index contributed by atoms with van der Waals surface area (Å²) in [6.45, 7) is 4.58. The SMILES string of the molecule is COC(=O)c1cc(C)nc(-c2cnn(C)c2CCC[C@@H](C)CNc2cc(Br)ccc2[N+](=O)[O-])c1. The Kier molecular flexibility index (Phi) is 8.38. The van der Waals surface area contributed by atoms with Crippen LogP contribution in [0.5, 0.6) is 0 Å². The van der Waals surface area contributed by atoms with E-state index in [4.69, 9.17) is 4.74 Å². The molecule has 0 fully saturated rings. The van der Waals surface area contributed by atoms with Gasteiger partial charge in [-0.25, -0.2) is 4.79 Å². The Balaban J connectivity index is 1.64. The van der Waals surface area contributed by atoms with E-state index >= 15 is 0 Å². The third-order valence-electron chi connectivity index (χ3n) is 5.62. The molecule has 1 N–H and O–H groups in total. The van der Waals surface area contributed by atoms with Gasteiger partial charge in [0.15, 0.2) is 0 Å². The van der Waals surface area contributed by atoms with Gasteiger partial charge in [-0.3, -0.25) is 19.8 Å². The van der Waals surface area contributed by atoms with Crippen LogP contribution in [0.15, 0.2) is 41.0 Å². The Bertz CT molecular complexity index is 1190. The first kappa shape index (κ1) is 25.4. The van der Waals surface area contributed by atoms with Crippen LogP contribution in [0, 0.1) is 23.0 Å². The molecule has 0 bridgehead atoms. The number of aromatic nitrogens is 3. The van der Waals surface area contributed by atoms with Crippen molar-refractivity contribution in [2.45, 2.75) is 33.1 Å². The predicted molar refractivity (Wildman–Crippen MR) is 134 cm³/mol. The standard InChI is InChI=1S/C24H28BrN5O4/c1-15(13-26-21-12-18(25)8-9-23(21)30(32)33)6-5-7-22-19(14-27-29(22)3)20-11-17(24(31)34-4)10-16(2)28-20/h8-12,14-15,26H,5-7,13H2,1-4H3/t15-/m1/s1. The van der Waals surface area contributed by atoms with E-state index in [2.05, 4.69) is 38.3 Å². The average molecular weight is 530 g/mol. The van der Waals surface area contributed by atoms with Gasteiger partial charge in [-0.15, -0.1) is 0 Å². The van der Waals surface area contributed by atoms with E-state index in [1.165, 1.54) is 13.2 Å². The van der Waals surface area contributed by atoms with Gasteiger partial charge in [-0.1, -0.05) is 22.9 Å². The zero-order valence-electron chi connectivity index (χ0n) is 19.7. The van der Waals surface area contributed by atoms with Gasteiger partial charge in [-0.05, 0) is 56.4 Å². The van der Waals surface area contributed by atoms with Crippen LogP contribution in [0.25, 0.3) is 11.3 Å². The molecule has 3 aromatic rings. The summed E-state index contributed by atoms with van der Waals surface area (Å²) in [5.74, 6) is -0.0949. The number of carbonyl (C=O) groups excluding carboxylic acids is 1. The molecule has 180 valence electrons. The van der Waals surface area contributed by atoms with E-state index in [1.807, 2.05) is 18.7 Å². The number of rotatable bonds is 10. The van der Waals surface area contributed by atoms with Crippen molar-refractivity contribution in [3.63, 3.8) is 0 Å². The van der Waals surface area contributed by atoms with Crippen molar-refractivity contribution >= 4 is 33.3 Å². The van der Waals surface area contributed by atoms with Gasteiger partial charge in [-0.2, -0.15) is 5.10 Å². The number of anilines is 1. The third kappa shape index (κ3) is 6.19. The number of hydrogen-bond donors (Lipinski definition) is 1. The average Bonchev–Trinajstić information content (AvgIpc) is 3.16. The summed E-state index contributed by atoms with van der Waals surface area (Å²) in [7, 11) is 3.26. The molecule has 9 nitrogen and oxygen atoms in total. The second-order valence-corrected chi connectivity index (χ2v) is 9.22. The summed E-state index contributed by atoms with van der Waals surface area (Å²) < 4.78 is 7.48. The molecule has 0 amide bonds. The Morgan fingerprint density at radius 3 is 2.79 bits per heavy atom. The van der Waals surface area contributed by atoms with Gasteiger partial charge in [0.25, 0.3) is 5.69 Å². The molecule has 0 saturated carbocycles. The first-order chi connectivity index (χ1) is 16.2. The quantitative estimate of drug-likeness (QED) is 0.215. The molecule has 0 aliphatic heterocycles. The number of nitrogens with zero attached hydrogens (tertiary/aromatic N) is 4. The normalized spacial score (nSPS) is 11.8. The van der Waals surface area contributed by atoms with Gasteiger partial charge in [0.1, 0.15) is 5.69 Å². The zero-order chi connectivity index (χ0) is 24.8. The van der Waals surface area contributed by atoms with E-state index in [0.29, 0.717) is 29.4 Å². The second-order valence-electron chi connectivity index (χ2n) is 8.30. The summed E-state index contributed by atoms with van der Waals surface area (Å²) in [5, 5.41) is 18.9. The molecule has 1 atom stereocenters. The summed E-state index contributed by atoms with van der Waals surface area (Å²) in [6.07, 6.45) is 4.39. The lowest BCUT2D eigenvalue weighted by Crippen LogP contribution is -2.13. The Morgan fingerprint density at radius 2 is 2.09 bits per heavy atom. The van der Waals surface area contributed by atoms with E-state index in [-0.39, 0.29) is 10.6 Å². The molecule has 0 aliphatic carbocycles. The molecule has 10 heteroatoms. The van der Waals surface area contributed by atoms with Crippen molar-refractivity contribution in [2.24, 2.45) is 13.0 Å². The number of hydrogen-bond acceptors (Lipinski definition) is 7. The molecule has 0 unspecified atom stereocenters. The van der Waals surface area contributed by atoms with Crippen LogP contribution >= 0.6 is 15.9 Å². The Morgan fingerprint density at radius 1 is 1.32 bits per heavy atom. The van der Waals surface area contributed by atoms with Gasteiger partial charge >= 0.3 is 5.97 Å². The van der Waals surface area contributed by atoms with Gasteiger partial charge in [0.2, 0.25) is 0 Å². The van der Waals surface area contributed by atoms with Crippen molar-refractivity contribution in [3.8, 4) is 11.3 Å². The highest BCUT2D eigenvalue weighted by atomic mass is 79.9. The highest BCUT2D eigenvalue weighted by Crippen LogP contribution is 2.29. The number of methoxy groups -OCH3 is 1. The van der Waals surface area contributed by atoms with Crippen LogP contribution in [0.3, 0.4) is 0 Å². The number of carbonyl (C=O) groups is 1. The molecule has 2 aromatic heterocycles. The molecular weight excluding hydrogens is 502 g/mol. The number of nitrogens with one attached hydrogen (secondary N) is 1. The minimum Gasteiger partial charge on any atom is -0.465 e. The van der Waals surface area contributed by atoms with Crippen LogP contribution in [0.1, 0.15) is 41.5 Å². The molecule has 0 radical (unpaired) electrons. The van der Waals surface area contributed by atoms with E-state index in [9.17, 15) is 14.9 Å². The van der Waals surface area contributed by atoms with Crippen LogP contribution in [-0.4, -0.2) is 39.3 Å². The van der Waals surface area contributed by atoms with Crippen molar-refractivity contribution in [1.82, 2.24) is 14.8 Å². The molecule has 34 heavy (non-hydrogen) atoms. The smallest absolute Gasteiger partial charge is 0.337 e. The third-order valence-corrected chi connectivity index (χ3v) is 6.11. The van der Waals surface area contributed by atoms with E-state index < -0.39 is 5.97 Å². The second kappa shape index (κ2) is 11.2. The van der Waals surface area contributed by atoms with Crippen LogP contribution in [0.4, 0.5) is 11.4 Å². The number of esters is 1. The first-order valence-corrected chi connectivity index (χ1v) is 11.7. The first-order valence-electron chi connectivity index (χ1n) is 11.0. The molecule has 3 rings (SSSR count). The number of nitro benzene ring substituents is 1. The van der Waals surface area contributed by atoms with Crippen LogP contribution < -0.4 is 5.32 Å². The fourth-order valence-corrected chi connectivity index (χ4v) is 4.19. The Labute approximate surface area is 206 Å². The molecule has 2 heterocycles. The zero-order valence-corrected chi connectivity index (χ0v) is 21.3.